The van der Waals surface area contributed by atoms with Gasteiger partial charge in [-0.15, -0.1) is 0 Å². The van der Waals surface area contributed by atoms with Crippen LogP contribution in [-0.4, -0.2) is 10.1 Å². The zero-order valence-corrected chi connectivity index (χ0v) is 10.0. The smallest absolute Gasteiger partial charge is 0.261 e. The average molecular weight is 258 g/mol. The number of nitrogens with zero attached hydrogens (tertiary/aromatic N) is 2. The highest BCUT2D eigenvalue weighted by atomic mass is 35.5. The molecule has 0 aliphatic carbocycles. The predicted octanol–water partition coefficient (Wildman–Crippen LogP) is 3.19. The van der Waals surface area contributed by atoms with Gasteiger partial charge in [0.2, 0.25) is 0 Å². The molecule has 0 atom stereocenters. The van der Waals surface area contributed by atoms with Crippen LogP contribution in [0.5, 0.6) is 0 Å². The van der Waals surface area contributed by atoms with E-state index < -0.39 is 0 Å². The Morgan fingerprint density at radius 2 is 2.00 bits per heavy atom. The molecule has 0 radical (unpaired) electrons. The lowest BCUT2D eigenvalue weighted by molar-refractivity contribution is 0.423. The van der Waals surface area contributed by atoms with Gasteiger partial charge in [-0.3, -0.25) is 0 Å². The first-order chi connectivity index (χ1) is 7.63. The Morgan fingerprint density at radius 1 is 1.31 bits per heavy atom. The van der Waals surface area contributed by atoms with Gasteiger partial charge in [0.05, 0.1) is 21.3 Å². The van der Waals surface area contributed by atoms with Crippen LogP contribution in [0.4, 0.5) is 5.69 Å². The van der Waals surface area contributed by atoms with Gasteiger partial charge in [0, 0.05) is 6.42 Å². The zero-order chi connectivity index (χ0) is 11.7. The lowest BCUT2D eigenvalue weighted by Crippen LogP contribution is -1.93. The molecule has 1 aromatic carbocycles. The number of benzene rings is 1. The first-order valence-corrected chi connectivity index (χ1v) is 5.45. The largest absolute Gasteiger partial charge is 0.397 e. The van der Waals surface area contributed by atoms with Gasteiger partial charge in [0.1, 0.15) is 0 Å². The van der Waals surface area contributed by atoms with Crippen LogP contribution in [0.15, 0.2) is 16.7 Å². The Balaban J connectivity index is 2.58. The molecular formula is C10H9Cl2N3O. The minimum Gasteiger partial charge on any atom is -0.397 e. The van der Waals surface area contributed by atoms with Crippen LogP contribution in [0, 0.1) is 0 Å². The third-order valence-corrected chi connectivity index (χ3v) is 2.78. The van der Waals surface area contributed by atoms with E-state index in [1.165, 1.54) is 0 Å². The summed E-state index contributed by atoms with van der Waals surface area (Å²) >= 11 is 11.9. The van der Waals surface area contributed by atoms with Crippen LogP contribution >= 0.6 is 23.2 Å². The molecule has 16 heavy (non-hydrogen) atoms. The summed E-state index contributed by atoms with van der Waals surface area (Å²) in [6.07, 6.45) is 0.682. The van der Waals surface area contributed by atoms with Crippen molar-refractivity contribution in [3.63, 3.8) is 0 Å². The van der Waals surface area contributed by atoms with Crippen molar-refractivity contribution in [2.24, 2.45) is 0 Å². The second-order valence-corrected chi connectivity index (χ2v) is 4.00. The van der Waals surface area contributed by atoms with Crippen molar-refractivity contribution in [1.82, 2.24) is 10.1 Å². The van der Waals surface area contributed by atoms with E-state index in [1.807, 2.05) is 6.92 Å². The van der Waals surface area contributed by atoms with Gasteiger partial charge in [0.25, 0.3) is 5.89 Å². The third-order valence-electron chi connectivity index (χ3n) is 2.14. The quantitative estimate of drug-likeness (QED) is 0.840. The number of hydrogen-bond acceptors (Lipinski definition) is 4. The lowest BCUT2D eigenvalue weighted by Gasteiger charge is -2.04. The van der Waals surface area contributed by atoms with E-state index in [9.17, 15) is 0 Å². The molecule has 2 N–H and O–H groups in total. The maximum Gasteiger partial charge on any atom is 0.261 e. The molecule has 0 aliphatic rings. The van der Waals surface area contributed by atoms with Crippen LogP contribution in [0.3, 0.4) is 0 Å². The van der Waals surface area contributed by atoms with E-state index in [-0.39, 0.29) is 0 Å². The number of anilines is 1. The Labute approximate surface area is 102 Å². The van der Waals surface area contributed by atoms with Crippen molar-refractivity contribution in [3.8, 4) is 11.5 Å². The Bertz CT molecular complexity index is 525. The normalized spacial score (nSPS) is 10.7. The van der Waals surface area contributed by atoms with E-state index >= 15 is 0 Å². The number of rotatable bonds is 2. The van der Waals surface area contributed by atoms with Gasteiger partial charge in [-0.1, -0.05) is 35.3 Å². The minimum absolute atomic E-state index is 0.293. The second-order valence-electron chi connectivity index (χ2n) is 3.19. The van der Waals surface area contributed by atoms with E-state index in [1.54, 1.807) is 12.1 Å². The molecule has 0 bridgehead atoms. The van der Waals surface area contributed by atoms with Crippen LogP contribution in [-0.2, 0) is 6.42 Å². The Morgan fingerprint density at radius 3 is 2.62 bits per heavy atom. The molecule has 84 valence electrons. The third kappa shape index (κ3) is 1.86. The Hall–Kier alpha value is -1.26. The molecule has 6 heteroatoms. The fraction of sp³-hybridized carbons (Fsp3) is 0.200. The molecule has 0 aliphatic heterocycles. The first-order valence-electron chi connectivity index (χ1n) is 4.70. The fourth-order valence-corrected chi connectivity index (χ4v) is 1.69. The molecule has 2 rings (SSSR count). The highest BCUT2D eigenvalue weighted by molar-refractivity contribution is 6.37. The van der Waals surface area contributed by atoms with E-state index in [0.717, 1.165) is 0 Å². The summed E-state index contributed by atoms with van der Waals surface area (Å²) in [5, 5.41) is 4.63. The van der Waals surface area contributed by atoms with Crippen molar-refractivity contribution < 1.29 is 4.52 Å². The van der Waals surface area contributed by atoms with Crippen LogP contribution < -0.4 is 5.73 Å². The minimum atomic E-state index is 0.293. The summed E-state index contributed by atoms with van der Waals surface area (Å²) in [5.41, 5.74) is 6.66. The molecule has 1 aromatic heterocycles. The summed E-state index contributed by atoms with van der Waals surface area (Å²) in [6, 6.07) is 3.27. The average Bonchev–Trinajstić information content (AvgIpc) is 2.73. The SMILES string of the molecule is CCc1noc(-c2c(Cl)ccc(Cl)c2N)n1. The summed E-state index contributed by atoms with van der Waals surface area (Å²) in [7, 11) is 0. The van der Waals surface area contributed by atoms with Gasteiger partial charge >= 0.3 is 0 Å². The zero-order valence-electron chi connectivity index (χ0n) is 8.50. The maximum absolute atomic E-state index is 6.02. The standard InChI is InChI=1S/C10H9Cl2N3O/c1-2-7-14-10(16-15-7)8-5(11)3-4-6(12)9(8)13/h3-4H,2,13H2,1H3. The topological polar surface area (TPSA) is 64.9 Å². The van der Waals surface area contributed by atoms with Crippen LogP contribution in [0.1, 0.15) is 12.7 Å². The second kappa shape index (κ2) is 4.31. The molecule has 0 fully saturated rings. The molecule has 2 aromatic rings. The molecule has 0 spiro atoms. The van der Waals surface area contributed by atoms with E-state index in [4.69, 9.17) is 33.5 Å². The van der Waals surface area contributed by atoms with Gasteiger partial charge in [0.15, 0.2) is 5.82 Å². The van der Waals surface area contributed by atoms with Gasteiger partial charge in [-0.25, -0.2) is 0 Å². The summed E-state index contributed by atoms with van der Waals surface area (Å²) in [4.78, 5) is 4.16. The number of aryl methyl sites for hydroxylation is 1. The van der Waals surface area contributed by atoms with Crippen LogP contribution in [0.2, 0.25) is 10.0 Å². The summed E-state index contributed by atoms with van der Waals surface area (Å²) < 4.78 is 5.07. The predicted molar refractivity (Wildman–Crippen MR) is 63.5 cm³/mol. The van der Waals surface area contributed by atoms with Gasteiger partial charge in [-0.05, 0) is 12.1 Å². The number of hydrogen-bond donors (Lipinski definition) is 1. The number of nitrogens with two attached hydrogens (primary N) is 1. The summed E-state index contributed by atoms with van der Waals surface area (Å²) in [6.45, 7) is 1.93. The highest BCUT2D eigenvalue weighted by Gasteiger charge is 2.16. The van der Waals surface area contributed by atoms with Gasteiger partial charge < -0.3 is 10.3 Å². The summed E-state index contributed by atoms with van der Waals surface area (Å²) in [5.74, 6) is 0.896. The van der Waals surface area contributed by atoms with Crippen molar-refractivity contribution in [2.75, 3.05) is 5.73 Å². The molecule has 0 unspecified atom stereocenters. The van der Waals surface area contributed by atoms with E-state index in [2.05, 4.69) is 10.1 Å². The van der Waals surface area contributed by atoms with Crippen molar-refractivity contribution >= 4 is 28.9 Å². The number of halogens is 2. The first kappa shape index (κ1) is 11.2. The molecule has 0 saturated heterocycles. The number of nitrogen functional groups attached to an aromatic ring is 1. The molecular weight excluding hydrogens is 249 g/mol. The van der Waals surface area contributed by atoms with Crippen LogP contribution in [0.25, 0.3) is 11.5 Å². The van der Waals surface area contributed by atoms with Crippen molar-refractivity contribution in [3.05, 3.63) is 28.0 Å². The molecule has 1 heterocycles. The van der Waals surface area contributed by atoms with Crippen molar-refractivity contribution in [2.45, 2.75) is 13.3 Å². The monoisotopic (exact) mass is 257 g/mol. The molecule has 0 saturated carbocycles. The fourth-order valence-electron chi connectivity index (χ4n) is 1.28. The van der Waals surface area contributed by atoms with Gasteiger partial charge in [-0.2, -0.15) is 4.98 Å². The highest BCUT2D eigenvalue weighted by Crippen LogP contribution is 2.36. The molecule has 4 nitrogen and oxygen atoms in total. The molecule has 0 amide bonds. The lowest BCUT2D eigenvalue weighted by atomic mass is 10.2. The van der Waals surface area contributed by atoms with E-state index in [0.29, 0.717) is 39.4 Å². The number of aromatic nitrogens is 2. The maximum atomic E-state index is 6.02. The van der Waals surface area contributed by atoms with Crippen molar-refractivity contribution in [1.29, 1.82) is 0 Å². The Kier molecular flexibility index (Phi) is 3.03.